The van der Waals surface area contributed by atoms with Crippen LogP contribution in [0.15, 0.2) is 0 Å². The van der Waals surface area contributed by atoms with Gasteiger partial charge >= 0.3 is 2120 Å². The van der Waals surface area contributed by atoms with Crippen LogP contribution in [0.3, 0.4) is 0 Å². The second-order valence-electron chi connectivity index (χ2n) is 0. The van der Waals surface area contributed by atoms with Crippen molar-refractivity contribution in [2.24, 2.45) is 0 Å². The van der Waals surface area contributed by atoms with Gasteiger partial charge in [0.05, 0.1) is 0 Å². The molecule has 0 aliphatic rings. The molecule has 196 valence electrons. The van der Waals surface area contributed by atoms with Crippen LogP contribution in [0.1, 0.15) is 122 Å². The molecule has 0 aromatic heterocycles. The van der Waals surface area contributed by atoms with Crippen molar-refractivity contribution in [3.05, 3.63) is 0 Å². The minimum atomic E-state index is 0. The maximum atomic E-state index is 1.25. The van der Waals surface area contributed by atoms with Gasteiger partial charge in [0.15, 0.2) is 0 Å². The van der Waals surface area contributed by atoms with Gasteiger partial charge in [0.2, 0.25) is 0 Å². The second-order valence-corrected chi connectivity index (χ2v) is 0. The van der Waals surface area contributed by atoms with Gasteiger partial charge < -0.3 is 2.85 Å². The summed E-state index contributed by atoms with van der Waals surface area (Å²) in [5, 5.41) is 0. The first kappa shape index (κ1) is 346. The Bertz CT molecular complexity index is 72.0. The molecule has 0 rings (SSSR count). The monoisotopic (exact) mass is 2830 g/mol. The van der Waals surface area contributed by atoms with E-state index in [1.807, 2.05) is 0 Å². The van der Waals surface area contributed by atoms with Crippen molar-refractivity contribution >= 4 is 2020 Å². The Morgan fingerprint density at radius 2 is 0.0610 bits per heavy atom. The van der Waals surface area contributed by atoms with Crippen LogP contribution >= 0.6 is 0 Å². The molecule has 0 atom stereocenters. The van der Waals surface area contributed by atoms with Gasteiger partial charge in [0.25, 0.3) is 0 Å². The fraction of sp³-hybridized carbons (Fsp3) is 1.00. The summed E-state index contributed by atoms with van der Waals surface area (Å²) in [5.74, 6) is 0. The van der Waals surface area contributed by atoms with Gasteiger partial charge in [0, 0.05) is 0 Å². The first-order chi connectivity index (χ1) is 32.0. The molecule has 82 heavy (non-hydrogen) atoms. The molecular formula is C16H66K66. The Kier molecular flexibility index (Phi) is 2420. The predicted molar refractivity (Wildman–Crippen MR) is 478 cm³/mol. The Hall–Kier alpha value is 108. The SMILES string of the molecule is C.C.C.C.C.C.C.C.C.C.C.C.C.C.C.C.[H-].[H-].[K+].[K+].[K][K].[K][K].[K][K].[K][K].[K][K].[K][K].[K][K].[K][K].[K][K].[K][K].[K][K].[K][K].[K][K].[K][K].[K][K].[K][K].[K][K].[K][K].[K][K].[K][K].[K][K].[K][K].[K][K].[K][K].[K][K].[K][K].[K][K].[K][K].[K][K].[K][K].[K][K].[K][K]. The van der Waals surface area contributed by atoms with Crippen LogP contribution in [0.5, 0.6) is 0 Å². The zero-order valence-corrected chi connectivity index (χ0v) is 272. The van der Waals surface area contributed by atoms with E-state index in [0.29, 0.717) is 0 Å². The van der Waals surface area contributed by atoms with E-state index in [9.17, 15) is 0 Å². The summed E-state index contributed by atoms with van der Waals surface area (Å²) in [6.07, 6.45) is 0. The molecular weight excluding hydrogens is 2770 g/mol. The Morgan fingerprint density at radius 1 is 0.0610 bits per heavy atom. The van der Waals surface area contributed by atoms with Crippen LogP contribution in [-0.2, 0) is 0 Å². The van der Waals surface area contributed by atoms with Crippen molar-refractivity contribution in [3.63, 3.8) is 0 Å². The van der Waals surface area contributed by atoms with Crippen LogP contribution in [0, 0.1) is 0 Å². The summed E-state index contributed by atoms with van der Waals surface area (Å²) in [6, 6.07) is 0. The molecule has 0 spiro atoms. The maximum absolute atomic E-state index is 1.25. The van der Waals surface area contributed by atoms with Gasteiger partial charge in [-0.25, -0.2) is 0 Å². The molecule has 0 amide bonds. The van der Waals surface area contributed by atoms with Gasteiger partial charge in [-0.15, -0.1) is 0 Å². The molecule has 0 aromatic rings. The normalized spacial score (nSPS) is 3.12. The van der Waals surface area contributed by atoms with Crippen molar-refractivity contribution in [2.45, 2.75) is 119 Å². The topological polar surface area (TPSA) is 0 Å². The van der Waals surface area contributed by atoms with E-state index in [1.54, 1.807) is 0 Å². The van der Waals surface area contributed by atoms with Crippen molar-refractivity contribution in [1.29, 1.82) is 0 Å². The zero-order valence-electron chi connectivity index (χ0n) is 68.0. The molecule has 0 fully saturated rings. The Morgan fingerprint density at radius 3 is 0.0610 bits per heavy atom. The van der Waals surface area contributed by atoms with Crippen LogP contribution in [0.2, 0.25) is 0 Å². The summed E-state index contributed by atoms with van der Waals surface area (Å²) >= 11 is 80.0. The fourth-order valence-electron chi connectivity index (χ4n) is 0. The predicted octanol–water partition coefficient (Wildman–Crippen LogP) is -20.0. The minimum absolute atomic E-state index is 0. The molecule has 0 radical (unpaired) electrons. The van der Waals surface area contributed by atoms with Crippen LogP contribution in [0.25, 0.3) is 0 Å². The van der Waals surface area contributed by atoms with Crippen LogP contribution < -0.4 is 103 Å². The molecule has 0 aliphatic carbocycles. The van der Waals surface area contributed by atoms with E-state index in [2.05, 4.69) is 0 Å². The molecule has 0 nitrogen and oxygen atoms in total. The van der Waals surface area contributed by atoms with Crippen LogP contribution in [0.4, 0.5) is 0 Å². The molecule has 0 bridgehead atoms. The average molecular weight is 2840 g/mol. The molecule has 0 saturated heterocycles. The number of rotatable bonds is 0. The molecule has 0 heterocycles. The van der Waals surface area contributed by atoms with Crippen molar-refractivity contribution in [2.75, 3.05) is 0 Å². The third kappa shape index (κ3) is 564. The quantitative estimate of drug-likeness (QED) is 0.212. The van der Waals surface area contributed by atoms with E-state index in [0.717, 1.165) is 0 Å². The van der Waals surface area contributed by atoms with E-state index in [1.165, 1.54) is 2020 Å². The first-order valence-corrected chi connectivity index (χ1v) is 544. The molecule has 0 aliphatic heterocycles. The Labute approximate surface area is 2080 Å². The molecule has 0 unspecified atom stereocenters. The third-order valence-electron chi connectivity index (χ3n) is 0. The molecule has 0 N–H and O–H groups in total. The first-order valence-electron chi connectivity index (χ1n) is 32.0. The van der Waals surface area contributed by atoms with E-state index in [4.69, 9.17) is 0 Å². The van der Waals surface area contributed by atoms with Crippen LogP contribution in [-0.4, -0.2) is 2020 Å². The average Bonchev–Trinajstić information content (AvgIpc) is 3.55. The third-order valence-corrected chi connectivity index (χ3v) is 0. The summed E-state index contributed by atoms with van der Waals surface area (Å²) in [5.41, 5.74) is 0. The summed E-state index contributed by atoms with van der Waals surface area (Å²) in [7, 11) is 0. The van der Waals surface area contributed by atoms with Gasteiger partial charge in [-0.2, -0.15) is 0 Å². The Balaban J connectivity index is -0.00000000250. The zero-order chi connectivity index (χ0) is 64.0. The van der Waals surface area contributed by atoms with E-state index in [-0.39, 0.29) is 224 Å². The number of hydrogen-bond donors (Lipinski definition) is 0. The van der Waals surface area contributed by atoms with Gasteiger partial charge in [0.1, 0.15) is 0 Å². The van der Waals surface area contributed by atoms with Crippen molar-refractivity contribution in [3.8, 4) is 0 Å². The summed E-state index contributed by atoms with van der Waals surface area (Å²) in [4.78, 5) is 0. The molecule has 0 saturated carbocycles. The second kappa shape index (κ2) is 573. The molecule has 66 heteroatoms. The van der Waals surface area contributed by atoms with Gasteiger partial charge in [-0.3, -0.25) is 0 Å². The van der Waals surface area contributed by atoms with E-state index < -0.39 is 0 Å². The fourth-order valence-corrected chi connectivity index (χ4v) is 0. The summed E-state index contributed by atoms with van der Waals surface area (Å²) in [6.45, 7) is 0. The van der Waals surface area contributed by atoms with Gasteiger partial charge in [-0.05, 0) is 0 Å². The standard InChI is InChI=1S/16CH4.66K.2H/h16*1H4;;;;;;;;;;;;;;;;;;;;;;;;;;;;;;;;;;;;;;;;;;;;;;;;;;;;;;;;;;;;;;;;;;;;/q;;;;;;;;;;;;;;;;;;;;;;;;;;;;;;;;;;;;;;;;;;;;;;;;;;;;;;;;;;;;;;;;;;;;;;;;;;;;;;;;2*+1;2*-1. The van der Waals surface area contributed by atoms with Gasteiger partial charge in [-0.1, -0.05) is 119 Å². The van der Waals surface area contributed by atoms with E-state index >= 15 is 0 Å². The van der Waals surface area contributed by atoms with Crippen molar-refractivity contribution in [1.82, 2.24) is 0 Å². The number of hydrogen-bond acceptors (Lipinski definition) is 0. The molecule has 0 aromatic carbocycles. The summed E-state index contributed by atoms with van der Waals surface area (Å²) < 4.78 is 0. The van der Waals surface area contributed by atoms with Crippen molar-refractivity contribution < 1.29 is 106 Å².